The van der Waals surface area contributed by atoms with Gasteiger partial charge < -0.3 is 10.6 Å². The summed E-state index contributed by atoms with van der Waals surface area (Å²) >= 11 is 12.1. The highest BCUT2D eigenvalue weighted by atomic mass is 35.5. The van der Waals surface area contributed by atoms with Gasteiger partial charge in [-0.05, 0) is 31.0 Å². The molecule has 0 aliphatic heterocycles. The Kier molecular flexibility index (Phi) is 5.53. The number of benzene rings is 1. The van der Waals surface area contributed by atoms with Crippen molar-refractivity contribution in [2.45, 2.75) is 38.1 Å². The lowest BCUT2D eigenvalue weighted by atomic mass is 9.95. The summed E-state index contributed by atoms with van der Waals surface area (Å²) in [6.07, 6.45) is 6.98. The fraction of sp³-hybridized carbons (Fsp3) is 0.353. The minimum atomic E-state index is -0.176. The number of amides is 1. The number of aromatic nitrogens is 2. The lowest BCUT2D eigenvalue weighted by Crippen LogP contribution is -2.36. The first-order chi connectivity index (χ1) is 11.6. The summed E-state index contributed by atoms with van der Waals surface area (Å²) in [5.74, 6) is 0.313. The Hall–Kier alpha value is -1.85. The standard InChI is InChI=1S/C17H18Cl2N4O/c18-11-6-7-13(19)14(8-11)23-16-9-15(20-10-21-16)17(24)22-12-4-2-1-3-5-12/h6-10,12H,1-5H2,(H,22,24)(H,20,21,23). The van der Waals surface area contributed by atoms with Gasteiger partial charge >= 0.3 is 0 Å². The highest BCUT2D eigenvalue weighted by Gasteiger charge is 2.17. The molecular formula is C17H18Cl2N4O. The molecule has 1 fully saturated rings. The summed E-state index contributed by atoms with van der Waals surface area (Å²) in [5, 5.41) is 7.19. The normalized spacial score (nSPS) is 15.1. The maximum atomic E-state index is 12.4. The summed E-state index contributed by atoms with van der Waals surface area (Å²) in [5.41, 5.74) is 0.956. The lowest BCUT2D eigenvalue weighted by molar-refractivity contribution is 0.0922. The van der Waals surface area contributed by atoms with Crippen molar-refractivity contribution in [3.63, 3.8) is 0 Å². The van der Waals surface area contributed by atoms with Crippen molar-refractivity contribution in [1.82, 2.24) is 15.3 Å². The predicted molar refractivity (Wildman–Crippen MR) is 96.1 cm³/mol. The molecule has 0 radical (unpaired) electrons. The third-order valence-electron chi connectivity index (χ3n) is 4.03. The van der Waals surface area contributed by atoms with E-state index in [1.165, 1.54) is 12.7 Å². The zero-order valence-electron chi connectivity index (χ0n) is 13.1. The van der Waals surface area contributed by atoms with Gasteiger partial charge in [0.25, 0.3) is 5.91 Å². The summed E-state index contributed by atoms with van der Waals surface area (Å²) in [6.45, 7) is 0. The first kappa shape index (κ1) is 17.0. The molecule has 0 spiro atoms. The van der Waals surface area contributed by atoms with Crippen LogP contribution in [0.2, 0.25) is 10.0 Å². The Morgan fingerprint density at radius 1 is 1.08 bits per heavy atom. The average molecular weight is 365 g/mol. The topological polar surface area (TPSA) is 66.9 Å². The van der Waals surface area contributed by atoms with Gasteiger partial charge in [0, 0.05) is 17.1 Å². The zero-order valence-corrected chi connectivity index (χ0v) is 14.6. The molecule has 7 heteroatoms. The van der Waals surface area contributed by atoms with E-state index in [0.717, 1.165) is 25.7 Å². The van der Waals surface area contributed by atoms with Crippen molar-refractivity contribution < 1.29 is 4.79 Å². The van der Waals surface area contributed by atoms with E-state index in [9.17, 15) is 4.79 Å². The Morgan fingerprint density at radius 3 is 2.67 bits per heavy atom. The SMILES string of the molecule is O=C(NC1CCCCC1)c1cc(Nc2cc(Cl)ccc2Cl)ncn1. The minimum Gasteiger partial charge on any atom is -0.348 e. The highest BCUT2D eigenvalue weighted by Crippen LogP contribution is 2.27. The van der Waals surface area contributed by atoms with Crippen LogP contribution in [0.3, 0.4) is 0 Å². The van der Waals surface area contributed by atoms with Crippen molar-refractivity contribution in [2.75, 3.05) is 5.32 Å². The minimum absolute atomic E-state index is 0.176. The summed E-state index contributed by atoms with van der Waals surface area (Å²) in [7, 11) is 0. The zero-order chi connectivity index (χ0) is 16.9. The molecule has 1 aromatic heterocycles. The summed E-state index contributed by atoms with van der Waals surface area (Å²) in [4.78, 5) is 20.6. The molecule has 1 saturated carbocycles. The van der Waals surface area contributed by atoms with Gasteiger partial charge in [0.15, 0.2) is 0 Å². The molecule has 0 bridgehead atoms. The van der Waals surface area contributed by atoms with E-state index in [0.29, 0.717) is 27.2 Å². The lowest BCUT2D eigenvalue weighted by Gasteiger charge is -2.22. The van der Waals surface area contributed by atoms with Gasteiger partial charge in [-0.25, -0.2) is 9.97 Å². The predicted octanol–water partition coefficient (Wildman–Crippen LogP) is 4.59. The number of hydrogen-bond acceptors (Lipinski definition) is 4. The van der Waals surface area contributed by atoms with Gasteiger partial charge in [-0.2, -0.15) is 0 Å². The molecule has 2 N–H and O–H groups in total. The van der Waals surface area contributed by atoms with Crippen molar-refractivity contribution >= 4 is 40.6 Å². The highest BCUT2D eigenvalue weighted by molar-refractivity contribution is 6.35. The van der Waals surface area contributed by atoms with Crippen LogP contribution in [-0.2, 0) is 0 Å². The Balaban J connectivity index is 1.71. The van der Waals surface area contributed by atoms with Gasteiger partial charge in [0.2, 0.25) is 0 Å². The smallest absolute Gasteiger partial charge is 0.270 e. The quantitative estimate of drug-likeness (QED) is 0.832. The number of rotatable bonds is 4. The average Bonchev–Trinajstić information content (AvgIpc) is 2.59. The van der Waals surface area contributed by atoms with Crippen molar-refractivity contribution in [3.05, 3.63) is 46.3 Å². The van der Waals surface area contributed by atoms with Crippen LogP contribution < -0.4 is 10.6 Å². The maximum absolute atomic E-state index is 12.4. The van der Waals surface area contributed by atoms with E-state index in [-0.39, 0.29) is 11.9 Å². The molecule has 0 atom stereocenters. The molecule has 0 unspecified atom stereocenters. The molecule has 2 aromatic rings. The third kappa shape index (κ3) is 4.36. The maximum Gasteiger partial charge on any atom is 0.270 e. The van der Waals surface area contributed by atoms with Crippen LogP contribution in [0.1, 0.15) is 42.6 Å². The Bertz CT molecular complexity index is 732. The van der Waals surface area contributed by atoms with Gasteiger partial charge in [0.05, 0.1) is 10.7 Å². The second kappa shape index (κ2) is 7.81. The van der Waals surface area contributed by atoms with Crippen LogP contribution in [0.15, 0.2) is 30.6 Å². The summed E-state index contributed by atoms with van der Waals surface area (Å²) < 4.78 is 0. The molecule has 3 rings (SSSR count). The number of anilines is 2. The van der Waals surface area contributed by atoms with E-state index in [2.05, 4.69) is 20.6 Å². The Morgan fingerprint density at radius 2 is 1.88 bits per heavy atom. The number of carbonyl (C=O) groups is 1. The largest absolute Gasteiger partial charge is 0.348 e. The molecule has 1 aromatic carbocycles. The Labute approximate surface area is 150 Å². The molecule has 5 nitrogen and oxygen atoms in total. The summed E-state index contributed by atoms with van der Waals surface area (Å²) in [6, 6.07) is 6.95. The molecule has 1 amide bonds. The van der Waals surface area contributed by atoms with Crippen LogP contribution in [0, 0.1) is 0 Å². The second-order valence-corrected chi connectivity index (χ2v) is 6.69. The monoisotopic (exact) mass is 364 g/mol. The van der Waals surface area contributed by atoms with Crippen LogP contribution >= 0.6 is 23.2 Å². The first-order valence-corrected chi connectivity index (χ1v) is 8.72. The fourth-order valence-electron chi connectivity index (χ4n) is 2.79. The van der Waals surface area contributed by atoms with Gasteiger partial charge in [0.1, 0.15) is 17.8 Å². The molecular weight excluding hydrogens is 347 g/mol. The number of hydrogen-bond donors (Lipinski definition) is 2. The van der Waals surface area contributed by atoms with Crippen LogP contribution in [-0.4, -0.2) is 21.9 Å². The van der Waals surface area contributed by atoms with Crippen LogP contribution in [0.4, 0.5) is 11.5 Å². The number of nitrogens with zero attached hydrogens (tertiary/aromatic N) is 2. The van der Waals surface area contributed by atoms with Crippen molar-refractivity contribution in [3.8, 4) is 0 Å². The van der Waals surface area contributed by atoms with E-state index in [4.69, 9.17) is 23.2 Å². The molecule has 1 heterocycles. The van der Waals surface area contributed by atoms with Crippen LogP contribution in [0.25, 0.3) is 0 Å². The molecule has 1 aliphatic rings. The molecule has 1 aliphatic carbocycles. The molecule has 24 heavy (non-hydrogen) atoms. The van der Waals surface area contributed by atoms with E-state index < -0.39 is 0 Å². The van der Waals surface area contributed by atoms with Crippen molar-refractivity contribution in [1.29, 1.82) is 0 Å². The molecule has 126 valence electrons. The number of halogens is 2. The number of nitrogens with one attached hydrogen (secondary N) is 2. The van der Waals surface area contributed by atoms with E-state index >= 15 is 0 Å². The second-order valence-electron chi connectivity index (χ2n) is 5.85. The van der Waals surface area contributed by atoms with Gasteiger partial charge in [-0.15, -0.1) is 0 Å². The van der Waals surface area contributed by atoms with Crippen LogP contribution in [0.5, 0.6) is 0 Å². The van der Waals surface area contributed by atoms with Gasteiger partial charge in [-0.1, -0.05) is 42.5 Å². The van der Waals surface area contributed by atoms with Crippen molar-refractivity contribution in [2.24, 2.45) is 0 Å². The van der Waals surface area contributed by atoms with E-state index in [1.54, 1.807) is 24.3 Å². The number of carbonyl (C=O) groups excluding carboxylic acids is 1. The molecule has 0 saturated heterocycles. The first-order valence-electron chi connectivity index (χ1n) is 7.97. The van der Waals surface area contributed by atoms with Gasteiger partial charge in [-0.3, -0.25) is 4.79 Å². The third-order valence-corrected chi connectivity index (χ3v) is 4.60. The van der Waals surface area contributed by atoms with E-state index in [1.807, 2.05) is 0 Å². The fourth-order valence-corrected chi connectivity index (χ4v) is 3.12.